The zero-order chi connectivity index (χ0) is 27.0. The SMILES string of the molecule is CC(C)CCCCCCO.CC(C)CCCCCO.CCCCC(C)C.CCCCCC(C)C. The maximum Gasteiger partial charge on any atom is 0.0431 e. The standard InChI is InChI=1S/C9H20O.C8H18O.C8H18.C7H16/c1-9(2)7-5-3-4-6-8-10;1-8(2)6-4-3-5-7-9;1-4-5-6-7-8(2)3;1-4-5-6-7(2)3/h9-10H,3-8H2,1-2H3;8-9H,3-7H2,1-2H3;8H,4-7H2,1-3H3;7H,4-6H2,1-3H3. The van der Waals surface area contributed by atoms with Crippen molar-refractivity contribution >= 4 is 0 Å². The number of hydrogen-bond acceptors (Lipinski definition) is 2. The van der Waals surface area contributed by atoms with Gasteiger partial charge in [-0.1, -0.05) is 159 Å². The Hall–Kier alpha value is -0.0800. The van der Waals surface area contributed by atoms with Crippen molar-refractivity contribution in [3.63, 3.8) is 0 Å². The van der Waals surface area contributed by atoms with Crippen LogP contribution in [0.1, 0.15) is 172 Å². The summed E-state index contributed by atoms with van der Waals surface area (Å²) >= 11 is 0. The average molecular weight is 489 g/mol. The van der Waals surface area contributed by atoms with Gasteiger partial charge in [0.15, 0.2) is 0 Å². The Kier molecular flexibility index (Phi) is 45.3. The maximum absolute atomic E-state index is 8.47. The van der Waals surface area contributed by atoms with Gasteiger partial charge in [-0.05, 0) is 36.5 Å². The third-order valence-electron chi connectivity index (χ3n) is 5.65. The van der Waals surface area contributed by atoms with Gasteiger partial charge in [0, 0.05) is 13.2 Å². The van der Waals surface area contributed by atoms with E-state index in [-0.39, 0.29) is 0 Å². The van der Waals surface area contributed by atoms with Crippen molar-refractivity contribution in [1.82, 2.24) is 0 Å². The second kappa shape index (κ2) is 37.5. The van der Waals surface area contributed by atoms with Crippen molar-refractivity contribution in [3.8, 4) is 0 Å². The van der Waals surface area contributed by atoms with Crippen LogP contribution >= 0.6 is 0 Å². The van der Waals surface area contributed by atoms with E-state index in [9.17, 15) is 0 Å². The minimum absolute atomic E-state index is 0.359. The fourth-order valence-electron chi connectivity index (χ4n) is 3.27. The van der Waals surface area contributed by atoms with Crippen molar-refractivity contribution in [1.29, 1.82) is 0 Å². The molecule has 0 bridgehead atoms. The van der Waals surface area contributed by atoms with Gasteiger partial charge in [-0.15, -0.1) is 0 Å². The number of hydrogen-bond donors (Lipinski definition) is 2. The van der Waals surface area contributed by atoms with Crippen LogP contribution in [0.25, 0.3) is 0 Å². The Morgan fingerprint density at radius 3 is 0.882 bits per heavy atom. The lowest BCUT2D eigenvalue weighted by Crippen LogP contribution is -1.88. The van der Waals surface area contributed by atoms with Crippen molar-refractivity contribution < 1.29 is 10.2 Å². The third-order valence-corrected chi connectivity index (χ3v) is 5.65. The van der Waals surface area contributed by atoms with Gasteiger partial charge in [0.05, 0.1) is 0 Å². The first-order chi connectivity index (χ1) is 16.1. The lowest BCUT2D eigenvalue weighted by atomic mass is 10.0. The summed E-state index contributed by atoms with van der Waals surface area (Å²) in [4.78, 5) is 0. The molecule has 0 atom stereocenters. The molecule has 0 radical (unpaired) electrons. The normalized spacial score (nSPS) is 10.6. The zero-order valence-electron chi connectivity index (χ0n) is 25.9. The molecule has 0 fully saturated rings. The number of unbranched alkanes of at least 4 members (excludes halogenated alkanes) is 8. The van der Waals surface area contributed by atoms with Crippen LogP contribution in [-0.4, -0.2) is 23.4 Å². The average Bonchev–Trinajstić information content (AvgIpc) is 2.76. The molecule has 0 unspecified atom stereocenters. The highest BCUT2D eigenvalue weighted by atomic mass is 16.3. The summed E-state index contributed by atoms with van der Waals surface area (Å²) in [6.45, 7) is 23.3. The Bertz CT molecular complexity index is 297. The van der Waals surface area contributed by atoms with E-state index in [1.54, 1.807) is 0 Å². The van der Waals surface area contributed by atoms with E-state index in [2.05, 4.69) is 69.2 Å². The van der Waals surface area contributed by atoms with Crippen LogP contribution in [0.5, 0.6) is 0 Å². The minimum Gasteiger partial charge on any atom is -0.396 e. The summed E-state index contributed by atoms with van der Waals surface area (Å²) in [6, 6.07) is 0. The van der Waals surface area contributed by atoms with Gasteiger partial charge >= 0.3 is 0 Å². The highest BCUT2D eigenvalue weighted by Crippen LogP contribution is 2.09. The molecule has 0 aliphatic carbocycles. The summed E-state index contributed by atoms with van der Waals surface area (Å²) in [7, 11) is 0. The van der Waals surface area contributed by atoms with Crippen molar-refractivity contribution in [2.75, 3.05) is 13.2 Å². The van der Waals surface area contributed by atoms with Crippen molar-refractivity contribution in [2.24, 2.45) is 23.7 Å². The highest BCUT2D eigenvalue weighted by molar-refractivity contribution is 4.47. The van der Waals surface area contributed by atoms with Crippen LogP contribution in [0.15, 0.2) is 0 Å². The molecule has 2 heteroatoms. The van der Waals surface area contributed by atoms with Crippen LogP contribution in [0.4, 0.5) is 0 Å². The molecular formula is C32H72O2. The molecule has 0 saturated heterocycles. The lowest BCUT2D eigenvalue weighted by Gasteiger charge is -2.02. The minimum atomic E-state index is 0.359. The molecule has 0 spiro atoms. The molecule has 0 saturated carbocycles. The Morgan fingerprint density at radius 2 is 0.618 bits per heavy atom. The molecule has 2 N–H and O–H groups in total. The Balaban J connectivity index is -0.000000178. The van der Waals surface area contributed by atoms with Gasteiger partial charge in [-0.3, -0.25) is 0 Å². The molecule has 0 aromatic heterocycles. The van der Waals surface area contributed by atoms with E-state index in [4.69, 9.17) is 10.2 Å². The van der Waals surface area contributed by atoms with Crippen LogP contribution < -0.4 is 0 Å². The number of rotatable bonds is 18. The molecule has 34 heavy (non-hydrogen) atoms. The summed E-state index contributed by atoms with van der Waals surface area (Å²) in [5, 5.41) is 16.9. The van der Waals surface area contributed by atoms with E-state index in [0.29, 0.717) is 13.2 Å². The van der Waals surface area contributed by atoms with Gasteiger partial charge < -0.3 is 10.2 Å². The van der Waals surface area contributed by atoms with Gasteiger partial charge in [0.2, 0.25) is 0 Å². The Labute approximate surface area is 219 Å². The Morgan fingerprint density at radius 1 is 0.353 bits per heavy atom. The van der Waals surface area contributed by atoms with E-state index in [1.807, 2.05) is 0 Å². The largest absolute Gasteiger partial charge is 0.396 e. The summed E-state index contributed by atoms with van der Waals surface area (Å²) < 4.78 is 0. The summed E-state index contributed by atoms with van der Waals surface area (Å²) in [5.74, 6) is 3.47. The lowest BCUT2D eigenvalue weighted by molar-refractivity contribution is 0.281. The van der Waals surface area contributed by atoms with Gasteiger partial charge in [-0.25, -0.2) is 0 Å². The first kappa shape index (κ1) is 41.1. The molecule has 0 aromatic carbocycles. The molecule has 0 rings (SSSR count). The first-order valence-corrected chi connectivity index (χ1v) is 15.3. The fraction of sp³-hybridized carbons (Fsp3) is 1.00. The first-order valence-electron chi connectivity index (χ1n) is 15.3. The van der Waals surface area contributed by atoms with Gasteiger partial charge in [0.1, 0.15) is 0 Å². The van der Waals surface area contributed by atoms with E-state index >= 15 is 0 Å². The van der Waals surface area contributed by atoms with Crippen molar-refractivity contribution in [3.05, 3.63) is 0 Å². The smallest absolute Gasteiger partial charge is 0.0431 e. The monoisotopic (exact) mass is 489 g/mol. The quantitative estimate of drug-likeness (QED) is 0.188. The second-order valence-electron chi connectivity index (χ2n) is 11.7. The van der Waals surface area contributed by atoms with E-state index in [1.165, 1.54) is 89.9 Å². The molecule has 212 valence electrons. The fourth-order valence-corrected chi connectivity index (χ4v) is 3.27. The maximum atomic E-state index is 8.47. The topological polar surface area (TPSA) is 40.5 Å². The van der Waals surface area contributed by atoms with Crippen LogP contribution in [0.3, 0.4) is 0 Å². The third kappa shape index (κ3) is 63.5. The van der Waals surface area contributed by atoms with Gasteiger partial charge in [0.25, 0.3) is 0 Å². The molecule has 0 aliphatic heterocycles. The van der Waals surface area contributed by atoms with Crippen LogP contribution in [0, 0.1) is 23.7 Å². The summed E-state index contributed by atoms with van der Waals surface area (Å²) in [6.07, 6.45) is 20.6. The van der Waals surface area contributed by atoms with E-state index < -0.39 is 0 Å². The molecule has 0 heterocycles. The predicted molar refractivity (Wildman–Crippen MR) is 159 cm³/mol. The molecule has 0 aliphatic rings. The van der Waals surface area contributed by atoms with E-state index in [0.717, 1.165) is 36.5 Å². The van der Waals surface area contributed by atoms with Crippen molar-refractivity contribution in [2.45, 2.75) is 172 Å². The predicted octanol–water partition coefficient (Wildman–Crippen LogP) is 10.8. The summed E-state index contributed by atoms with van der Waals surface area (Å²) in [5.41, 5.74) is 0. The van der Waals surface area contributed by atoms with Gasteiger partial charge in [-0.2, -0.15) is 0 Å². The van der Waals surface area contributed by atoms with Crippen LogP contribution in [0.2, 0.25) is 0 Å². The second-order valence-corrected chi connectivity index (χ2v) is 11.7. The molecule has 0 amide bonds. The van der Waals surface area contributed by atoms with Crippen LogP contribution in [-0.2, 0) is 0 Å². The highest BCUT2D eigenvalue weighted by Gasteiger charge is 1.94. The molecule has 2 nitrogen and oxygen atoms in total. The zero-order valence-corrected chi connectivity index (χ0v) is 25.9. The molecule has 0 aromatic rings. The number of aliphatic hydroxyl groups is 2. The molecular weight excluding hydrogens is 416 g/mol. The number of aliphatic hydroxyl groups excluding tert-OH is 2.